The number of aryl methyl sites for hydroxylation is 1. The number of hydrogen-bond donors (Lipinski definition) is 1. The highest BCUT2D eigenvalue weighted by atomic mass is 16.5. The third kappa shape index (κ3) is 5.89. The lowest BCUT2D eigenvalue weighted by atomic mass is 9.85. The average Bonchev–Trinajstić information content (AvgIpc) is 2.40. The van der Waals surface area contributed by atoms with Gasteiger partial charge in [0.05, 0.1) is 5.92 Å². The Bertz CT molecular complexity index is 539. The molecule has 0 aliphatic heterocycles. The number of ether oxygens (including phenoxy) is 1. The van der Waals surface area contributed by atoms with Gasteiger partial charge in [0.1, 0.15) is 11.5 Å². The molecular weight excluding hydrogens is 288 g/mol. The van der Waals surface area contributed by atoms with Crippen LogP contribution in [0, 0.1) is 18.8 Å². The van der Waals surface area contributed by atoms with Crippen molar-refractivity contribution in [1.29, 1.82) is 0 Å². The van der Waals surface area contributed by atoms with Crippen molar-refractivity contribution in [2.45, 2.75) is 73.1 Å². The maximum Gasteiger partial charge on any atom is 0.314 e. The molecule has 3 heteroatoms. The monoisotopic (exact) mass is 320 g/mol. The molecule has 0 aromatic heterocycles. The second-order valence-electron chi connectivity index (χ2n) is 8.03. The molecule has 0 amide bonds. The number of phenols is 1. The van der Waals surface area contributed by atoms with Gasteiger partial charge < -0.3 is 9.84 Å². The first-order valence-electron chi connectivity index (χ1n) is 8.58. The molecule has 1 atom stereocenters. The molecule has 0 aliphatic rings. The predicted octanol–water partition coefficient (Wildman–Crippen LogP) is 5.37. The van der Waals surface area contributed by atoms with Crippen LogP contribution < -0.4 is 4.74 Å². The van der Waals surface area contributed by atoms with Gasteiger partial charge in [0.2, 0.25) is 0 Å². The van der Waals surface area contributed by atoms with Crippen LogP contribution in [0.25, 0.3) is 0 Å². The Hall–Kier alpha value is -1.51. The first kappa shape index (κ1) is 19.5. The van der Waals surface area contributed by atoms with E-state index in [0.29, 0.717) is 11.7 Å². The smallest absolute Gasteiger partial charge is 0.314 e. The Labute approximate surface area is 141 Å². The van der Waals surface area contributed by atoms with E-state index in [1.54, 1.807) is 12.1 Å². The number of hydrogen-bond acceptors (Lipinski definition) is 3. The van der Waals surface area contributed by atoms with Gasteiger partial charge in [-0.1, -0.05) is 54.4 Å². The van der Waals surface area contributed by atoms with E-state index in [1.807, 2.05) is 34.6 Å². The Kier molecular flexibility index (Phi) is 6.67. The lowest BCUT2D eigenvalue weighted by Crippen LogP contribution is -2.19. The van der Waals surface area contributed by atoms with Gasteiger partial charge >= 0.3 is 5.97 Å². The molecule has 1 unspecified atom stereocenters. The van der Waals surface area contributed by atoms with E-state index >= 15 is 0 Å². The van der Waals surface area contributed by atoms with Crippen LogP contribution in [0.3, 0.4) is 0 Å². The van der Waals surface area contributed by atoms with Gasteiger partial charge in [-0.15, -0.1) is 0 Å². The van der Waals surface area contributed by atoms with Crippen molar-refractivity contribution in [3.8, 4) is 11.5 Å². The van der Waals surface area contributed by atoms with Crippen LogP contribution in [-0.2, 0) is 10.2 Å². The summed E-state index contributed by atoms with van der Waals surface area (Å²) in [6.07, 6.45) is 3.01. The molecule has 130 valence electrons. The SMILES string of the molecule is Cc1cc(OC(=O)C(C)CCCC(C)C)cc(C(C)(C)C)c1O. The summed E-state index contributed by atoms with van der Waals surface area (Å²) in [7, 11) is 0. The van der Waals surface area contributed by atoms with Crippen LogP contribution in [0.1, 0.15) is 71.9 Å². The van der Waals surface area contributed by atoms with Gasteiger partial charge in [-0.25, -0.2) is 0 Å². The highest BCUT2D eigenvalue weighted by Gasteiger charge is 2.22. The molecule has 1 aromatic carbocycles. The summed E-state index contributed by atoms with van der Waals surface area (Å²) in [6, 6.07) is 3.50. The van der Waals surface area contributed by atoms with Crippen molar-refractivity contribution in [3.05, 3.63) is 23.3 Å². The summed E-state index contributed by atoms with van der Waals surface area (Å²) in [5.41, 5.74) is 1.32. The van der Waals surface area contributed by atoms with Crippen LogP contribution in [0.15, 0.2) is 12.1 Å². The van der Waals surface area contributed by atoms with Crippen molar-refractivity contribution in [2.24, 2.45) is 11.8 Å². The molecule has 0 fully saturated rings. The first-order valence-corrected chi connectivity index (χ1v) is 8.58. The Morgan fingerprint density at radius 3 is 2.30 bits per heavy atom. The van der Waals surface area contributed by atoms with E-state index in [1.165, 1.54) is 0 Å². The van der Waals surface area contributed by atoms with E-state index in [4.69, 9.17) is 4.74 Å². The summed E-state index contributed by atoms with van der Waals surface area (Å²) in [6.45, 7) is 14.2. The number of carbonyl (C=O) groups is 1. The van der Waals surface area contributed by atoms with E-state index in [0.717, 1.165) is 30.4 Å². The zero-order valence-corrected chi connectivity index (χ0v) is 15.7. The molecule has 0 spiro atoms. The van der Waals surface area contributed by atoms with E-state index in [-0.39, 0.29) is 23.1 Å². The zero-order valence-electron chi connectivity index (χ0n) is 15.7. The quantitative estimate of drug-likeness (QED) is 0.566. The van der Waals surface area contributed by atoms with Crippen LogP contribution in [0.2, 0.25) is 0 Å². The maximum atomic E-state index is 12.3. The minimum Gasteiger partial charge on any atom is -0.507 e. The normalized spacial score (nSPS) is 13.2. The molecule has 1 rings (SSSR count). The first-order chi connectivity index (χ1) is 10.5. The molecule has 0 bridgehead atoms. The molecule has 1 aromatic rings. The van der Waals surface area contributed by atoms with Gasteiger partial charge in [-0.05, 0) is 42.4 Å². The van der Waals surface area contributed by atoms with Gasteiger partial charge in [-0.3, -0.25) is 4.79 Å². The van der Waals surface area contributed by atoms with Crippen molar-refractivity contribution >= 4 is 5.97 Å². The topological polar surface area (TPSA) is 46.5 Å². The molecule has 0 saturated carbocycles. The lowest BCUT2D eigenvalue weighted by molar-refractivity contribution is -0.138. The highest BCUT2D eigenvalue weighted by molar-refractivity contribution is 5.75. The van der Waals surface area contributed by atoms with Crippen molar-refractivity contribution in [1.82, 2.24) is 0 Å². The van der Waals surface area contributed by atoms with Crippen LogP contribution in [0.4, 0.5) is 0 Å². The second-order valence-corrected chi connectivity index (χ2v) is 8.03. The van der Waals surface area contributed by atoms with Gasteiger partial charge in [-0.2, -0.15) is 0 Å². The molecule has 0 radical (unpaired) electrons. The van der Waals surface area contributed by atoms with Crippen molar-refractivity contribution < 1.29 is 14.6 Å². The van der Waals surface area contributed by atoms with Crippen molar-refractivity contribution in [2.75, 3.05) is 0 Å². The van der Waals surface area contributed by atoms with Crippen molar-refractivity contribution in [3.63, 3.8) is 0 Å². The summed E-state index contributed by atoms with van der Waals surface area (Å²) in [5.74, 6) is 1.15. The Morgan fingerprint density at radius 2 is 1.78 bits per heavy atom. The molecular formula is C20H32O3. The largest absolute Gasteiger partial charge is 0.507 e. The van der Waals surface area contributed by atoms with Gasteiger partial charge in [0.15, 0.2) is 0 Å². The maximum absolute atomic E-state index is 12.3. The van der Waals surface area contributed by atoms with Crippen LogP contribution in [-0.4, -0.2) is 11.1 Å². The molecule has 1 N–H and O–H groups in total. The number of benzene rings is 1. The number of rotatable bonds is 6. The number of esters is 1. The fourth-order valence-corrected chi connectivity index (χ4v) is 2.54. The number of carbonyl (C=O) groups excluding carboxylic acids is 1. The fourth-order valence-electron chi connectivity index (χ4n) is 2.54. The molecule has 0 saturated heterocycles. The summed E-state index contributed by atoms with van der Waals surface area (Å²) >= 11 is 0. The summed E-state index contributed by atoms with van der Waals surface area (Å²) in [4.78, 5) is 12.3. The molecule has 0 aliphatic carbocycles. The van der Waals surface area contributed by atoms with Gasteiger partial charge in [0.25, 0.3) is 0 Å². The third-order valence-electron chi connectivity index (χ3n) is 4.12. The highest BCUT2D eigenvalue weighted by Crippen LogP contribution is 2.36. The standard InChI is InChI=1S/C20H32O3/c1-13(2)9-8-10-14(3)19(22)23-16-11-15(4)18(21)17(12-16)20(5,6)7/h11-14,21H,8-10H2,1-7H3. The molecule has 0 heterocycles. The number of phenolic OH excluding ortho intramolecular Hbond substituents is 1. The predicted molar refractivity (Wildman–Crippen MR) is 95.0 cm³/mol. The minimum atomic E-state index is -0.208. The van der Waals surface area contributed by atoms with Crippen LogP contribution >= 0.6 is 0 Å². The Morgan fingerprint density at radius 1 is 1.17 bits per heavy atom. The zero-order chi connectivity index (χ0) is 17.8. The second kappa shape index (κ2) is 7.85. The van der Waals surface area contributed by atoms with Gasteiger partial charge in [0, 0.05) is 5.56 Å². The minimum absolute atomic E-state index is 0.110. The molecule has 3 nitrogen and oxygen atoms in total. The fraction of sp³-hybridized carbons (Fsp3) is 0.650. The lowest BCUT2D eigenvalue weighted by Gasteiger charge is -2.22. The average molecular weight is 320 g/mol. The summed E-state index contributed by atoms with van der Waals surface area (Å²) < 4.78 is 5.56. The third-order valence-corrected chi connectivity index (χ3v) is 4.12. The number of aromatic hydroxyl groups is 1. The summed E-state index contributed by atoms with van der Waals surface area (Å²) in [5, 5.41) is 10.2. The Balaban J connectivity index is 2.80. The van der Waals surface area contributed by atoms with E-state index in [9.17, 15) is 9.90 Å². The molecule has 23 heavy (non-hydrogen) atoms. The van der Waals surface area contributed by atoms with E-state index in [2.05, 4.69) is 13.8 Å². The van der Waals surface area contributed by atoms with E-state index < -0.39 is 0 Å². The van der Waals surface area contributed by atoms with Crippen LogP contribution in [0.5, 0.6) is 11.5 Å².